The molecule has 0 aliphatic heterocycles. The van der Waals surface area contributed by atoms with Crippen molar-refractivity contribution in [3.63, 3.8) is 0 Å². The number of hydrogen-bond acceptors (Lipinski definition) is 8. The summed E-state index contributed by atoms with van der Waals surface area (Å²) in [5.41, 5.74) is 1.72. The number of carbonyl (C=O) groups is 1. The van der Waals surface area contributed by atoms with Crippen LogP contribution in [0.1, 0.15) is 18.1 Å². The Balaban J connectivity index is 1.64. The first-order chi connectivity index (χ1) is 17.9. The zero-order valence-corrected chi connectivity index (χ0v) is 21.5. The molecule has 0 aliphatic carbocycles. The molecule has 0 aromatic heterocycles. The Hall–Kier alpha value is -4.01. The van der Waals surface area contributed by atoms with Gasteiger partial charge in [-0.05, 0) is 48.9 Å². The normalized spacial score (nSPS) is 12.8. The van der Waals surface area contributed by atoms with Crippen molar-refractivity contribution in [3.8, 4) is 23.0 Å². The second-order valence-corrected chi connectivity index (χ2v) is 8.10. The third-order valence-electron chi connectivity index (χ3n) is 5.47. The summed E-state index contributed by atoms with van der Waals surface area (Å²) in [4.78, 5) is 12.5. The Kier molecular flexibility index (Phi) is 10.4. The van der Waals surface area contributed by atoms with Crippen LogP contribution in [0.2, 0.25) is 0 Å². The van der Waals surface area contributed by atoms with Crippen LogP contribution in [0.25, 0.3) is 11.6 Å². The summed E-state index contributed by atoms with van der Waals surface area (Å²) in [5, 5.41) is 13.6. The number of rotatable bonds is 13. The maximum Gasteiger partial charge on any atom is 0.338 e. The maximum atomic E-state index is 12.5. The molecule has 0 bridgehead atoms. The molecule has 3 aromatic rings. The molecule has 0 spiro atoms. The number of benzene rings is 3. The van der Waals surface area contributed by atoms with E-state index in [2.05, 4.69) is 5.32 Å². The number of aliphatic hydroxyl groups is 1. The van der Waals surface area contributed by atoms with Crippen LogP contribution in [-0.2, 0) is 9.53 Å². The molecule has 3 aromatic carbocycles. The fourth-order valence-corrected chi connectivity index (χ4v) is 3.52. The summed E-state index contributed by atoms with van der Waals surface area (Å²) >= 11 is 0. The Morgan fingerprint density at radius 2 is 1.54 bits per heavy atom. The van der Waals surface area contributed by atoms with Gasteiger partial charge in [-0.3, -0.25) is 5.32 Å². The predicted octanol–water partition coefficient (Wildman–Crippen LogP) is 4.17. The summed E-state index contributed by atoms with van der Waals surface area (Å²) in [7, 11) is 4.50. The Morgan fingerprint density at radius 1 is 0.892 bits per heavy atom. The SMILES string of the molecule is COC(=O)C(=Cc1ccccc1OCC(O)CNC(C)Oc1ccccc1OC)c1ccc(OC)cc1. The minimum Gasteiger partial charge on any atom is -0.497 e. The van der Waals surface area contributed by atoms with Gasteiger partial charge < -0.3 is 28.8 Å². The van der Waals surface area contributed by atoms with Crippen molar-refractivity contribution < 1.29 is 33.6 Å². The number of methoxy groups -OCH3 is 3. The standard InChI is InChI=1S/C29H33NO7/c1-20(37-28-12-8-7-11-27(28)34-3)30-18-23(31)19-36-26-10-6-5-9-22(26)17-25(29(32)35-4)21-13-15-24(33-2)16-14-21/h5-17,20,23,30-31H,18-19H2,1-4H3. The Bertz CT molecular complexity index is 1180. The van der Waals surface area contributed by atoms with E-state index in [9.17, 15) is 9.90 Å². The summed E-state index contributed by atoms with van der Waals surface area (Å²) < 4.78 is 27.3. The van der Waals surface area contributed by atoms with Crippen molar-refractivity contribution in [2.75, 3.05) is 34.5 Å². The fraction of sp³-hybridized carbons (Fsp3) is 0.276. The van der Waals surface area contributed by atoms with Crippen LogP contribution < -0.4 is 24.3 Å². The van der Waals surface area contributed by atoms with Crippen molar-refractivity contribution >= 4 is 17.6 Å². The highest BCUT2D eigenvalue weighted by Crippen LogP contribution is 2.28. The molecular formula is C29H33NO7. The molecule has 0 radical (unpaired) electrons. The van der Waals surface area contributed by atoms with Crippen LogP contribution in [0.5, 0.6) is 23.0 Å². The van der Waals surface area contributed by atoms with E-state index in [1.54, 1.807) is 50.6 Å². The van der Waals surface area contributed by atoms with Gasteiger partial charge in [0.2, 0.25) is 0 Å². The molecule has 0 saturated carbocycles. The van der Waals surface area contributed by atoms with Crippen molar-refractivity contribution in [2.45, 2.75) is 19.3 Å². The van der Waals surface area contributed by atoms with Crippen LogP contribution in [0, 0.1) is 0 Å². The maximum absolute atomic E-state index is 12.5. The summed E-state index contributed by atoms with van der Waals surface area (Å²) in [6.07, 6.45) is 0.534. The van der Waals surface area contributed by atoms with Gasteiger partial charge in [-0.2, -0.15) is 0 Å². The van der Waals surface area contributed by atoms with Crippen LogP contribution in [-0.4, -0.2) is 57.9 Å². The minimum atomic E-state index is -0.803. The van der Waals surface area contributed by atoms with E-state index in [-0.39, 0.29) is 19.4 Å². The van der Waals surface area contributed by atoms with Gasteiger partial charge in [0, 0.05) is 12.1 Å². The molecular weight excluding hydrogens is 474 g/mol. The highest BCUT2D eigenvalue weighted by atomic mass is 16.5. The van der Waals surface area contributed by atoms with Gasteiger partial charge >= 0.3 is 5.97 Å². The number of hydrogen-bond donors (Lipinski definition) is 2. The first kappa shape index (κ1) is 27.6. The van der Waals surface area contributed by atoms with Crippen molar-refractivity contribution in [1.82, 2.24) is 5.32 Å². The molecule has 0 heterocycles. The number of para-hydroxylation sites is 3. The third kappa shape index (κ3) is 7.99. The lowest BCUT2D eigenvalue weighted by atomic mass is 10.0. The Morgan fingerprint density at radius 3 is 2.19 bits per heavy atom. The van der Waals surface area contributed by atoms with Gasteiger partial charge in [0.15, 0.2) is 11.5 Å². The molecule has 2 N–H and O–H groups in total. The molecule has 2 unspecified atom stereocenters. The number of nitrogens with one attached hydrogen (secondary N) is 1. The van der Waals surface area contributed by atoms with Gasteiger partial charge in [0.1, 0.15) is 30.4 Å². The molecule has 0 saturated heterocycles. The van der Waals surface area contributed by atoms with Crippen molar-refractivity contribution in [2.24, 2.45) is 0 Å². The number of ether oxygens (including phenoxy) is 5. The second-order valence-electron chi connectivity index (χ2n) is 8.10. The monoisotopic (exact) mass is 507 g/mol. The molecule has 37 heavy (non-hydrogen) atoms. The quantitative estimate of drug-likeness (QED) is 0.154. The number of aliphatic hydroxyl groups excluding tert-OH is 1. The zero-order chi connectivity index (χ0) is 26.6. The van der Waals surface area contributed by atoms with Crippen LogP contribution >= 0.6 is 0 Å². The molecule has 3 rings (SSSR count). The van der Waals surface area contributed by atoms with E-state index in [1.165, 1.54) is 7.11 Å². The smallest absolute Gasteiger partial charge is 0.338 e. The molecule has 8 heteroatoms. The van der Waals surface area contributed by atoms with Crippen LogP contribution in [0.3, 0.4) is 0 Å². The van der Waals surface area contributed by atoms with Gasteiger partial charge in [0.05, 0.1) is 26.9 Å². The van der Waals surface area contributed by atoms with Crippen molar-refractivity contribution in [1.29, 1.82) is 0 Å². The van der Waals surface area contributed by atoms with E-state index < -0.39 is 12.1 Å². The van der Waals surface area contributed by atoms with E-state index in [0.29, 0.717) is 39.7 Å². The van der Waals surface area contributed by atoms with Gasteiger partial charge in [-0.15, -0.1) is 0 Å². The molecule has 2 atom stereocenters. The minimum absolute atomic E-state index is 0.0370. The fourth-order valence-electron chi connectivity index (χ4n) is 3.52. The number of carbonyl (C=O) groups excluding carboxylic acids is 1. The summed E-state index contributed by atoms with van der Waals surface area (Å²) in [6.45, 7) is 2.12. The van der Waals surface area contributed by atoms with Gasteiger partial charge in [-0.25, -0.2) is 4.79 Å². The first-order valence-electron chi connectivity index (χ1n) is 11.8. The zero-order valence-electron chi connectivity index (χ0n) is 21.5. The average molecular weight is 508 g/mol. The lowest BCUT2D eigenvalue weighted by Crippen LogP contribution is -2.39. The van der Waals surface area contributed by atoms with E-state index in [1.807, 2.05) is 49.4 Å². The van der Waals surface area contributed by atoms with E-state index in [4.69, 9.17) is 23.7 Å². The topological polar surface area (TPSA) is 95.5 Å². The number of esters is 1. The second kappa shape index (κ2) is 13.9. The van der Waals surface area contributed by atoms with E-state index >= 15 is 0 Å². The Labute approximate surface area is 217 Å². The molecule has 0 fully saturated rings. The van der Waals surface area contributed by atoms with E-state index in [0.717, 1.165) is 0 Å². The van der Waals surface area contributed by atoms with Crippen molar-refractivity contribution in [3.05, 3.63) is 83.9 Å². The van der Waals surface area contributed by atoms with Gasteiger partial charge in [0.25, 0.3) is 0 Å². The van der Waals surface area contributed by atoms with Gasteiger partial charge in [-0.1, -0.05) is 42.5 Å². The first-order valence-corrected chi connectivity index (χ1v) is 11.8. The summed E-state index contributed by atoms with van der Waals surface area (Å²) in [5.74, 6) is 1.96. The van der Waals surface area contributed by atoms with Crippen LogP contribution in [0.15, 0.2) is 72.8 Å². The molecule has 196 valence electrons. The highest BCUT2D eigenvalue weighted by molar-refractivity contribution is 6.21. The molecule has 0 aliphatic rings. The van der Waals surface area contributed by atoms with Crippen LogP contribution in [0.4, 0.5) is 0 Å². The molecule has 8 nitrogen and oxygen atoms in total. The average Bonchev–Trinajstić information content (AvgIpc) is 2.94. The predicted molar refractivity (Wildman–Crippen MR) is 142 cm³/mol. The summed E-state index contributed by atoms with van der Waals surface area (Å²) in [6, 6.07) is 21.8. The molecule has 0 amide bonds. The largest absolute Gasteiger partial charge is 0.497 e. The highest BCUT2D eigenvalue weighted by Gasteiger charge is 2.16. The lowest BCUT2D eigenvalue weighted by Gasteiger charge is -2.20. The third-order valence-corrected chi connectivity index (χ3v) is 5.47. The lowest BCUT2D eigenvalue weighted by molar-refractivity contribution is -0.133.